The van der Waals surface area contributed by atoms with Crippen molar-refractivity contribution in [2.75, 3.05) is 26.2 Å². The number of hydrogen-bond donors (Lipinski definition) is 2. The number of benzene rings is 1. The molecule has 0 spiro atoms. The third kappa shape index (κ3) is 5.09. The van der Waals surface area contributed by atoms with Crippen molar-refractivity contribution in [3.8, 4) is 0 Å². The van der Waals surface area contributed by atoms with Gasteiger partial charge in [-0.1, -0.05) is 18.2 Å². The van der Waals surface area contributed by atoms with Gasteiger partial charge in [0, 0.05) is 39.1 Å². The van der Waals surface area contributed by atoms with E-state index in [1.54, 1.807) is 0 Å². The molecule has 2 unspecified atom stereocenters. The monoisotopic (exact) mass is 391 g/mol. The van der Waals surface area contributed by atoms with Crippen LogP contribution >= 0.6 is 12.4 Å². The summed E-state index contributed by atoms with van der Waals surface area (Å²) in [6.07, 6.45) is 3.76. The van der Waals surface area contributed by atoms with E-state index in [0.29, 0.717) is 6.54 Å². The van der Waals surface area contributed by atoms with Crippen molar-refractivity contribution in [2.24, 2.45) is 7.05 Å². The number of imidazole rings is 1. The van der Waals surface area contributed by atoms with Crippen LogP contribution in [0.4, 0.5) is 0 Å². The maximum atomic E-state index is 12.6. The number of nitrogens with zero attached hydrogens (tertiary/aromatic N) is 3. The highest BCUT2D eigenvalue weighted by Crippen LogP contribution is 2.21. The number of piperazine rings is 1. The molecule has 1 aromatic heterocycles. The van der Waals surface area contributed by atoms with Crippen molar-refractivity contribution < 1.29 is 4.79 Å². The highest BCUT2D eigenvalue weighted by atomic mass is 35.5. The Morgan fingerprint density at radius 1 is 1.37 bits per heavy atom. The van der Waals surface area contributed by atoms with Crippen LogP contribution in [0.5, 0.6) is 0 Å². The largest absolute Gasteiger partial charge is 0.348 e. The first-order valence-electron chi connectivity index (χ1n) is 9.24. The summed E-state index contributed by atoms with van der Waals surface area (Å²) in [5.74, 6) is 1.05. The molecule has 1 saturated heterocycles. The van der Waals surface area contributed by atoms with Crippen molar-refractivity contribution in [3.63, 3.8) is 0 Å². The average Bonchev–Trinajstić information content (AvgIpc) is 3.03. The molecule has 27 heavy (non-hydrogen) atoms. The minimum Gasteiger partial charge on any atom is -0.348 e. The maximum absolute atomic E-state index is 12.6. The van der Waals surface area contributed by atoms with Crippen molar-refractivity contribution in [1.82, 2.24) is 25.1 Å². The zero-order chi connectivity index (χ0) is 18.7. The maximum Gasteiger partial charge on any atom is 0.234 e. The number of hydrogen-bond acceptors (Lipinski definition) is 4. The average molecular weight is 392 g/mol. The van der Waals surface area contributed by atoms with Crippen molar-refractivity contribution in [2.45, 2.75) is 32.9 Å². The van der Waals surface area contributed by atoms with E-state index >= 15 is 0 Å². The topological polar surface area (TPSA) is 62.2 Å². The van der Waals surface area contributed by atoms with Crippen molar-refractivity contribution >= 4 is 18.3 Å². The van der Waals surface area contributed by atoms with Gasteiger partial charge in [0.2, 0.25) is 5.91 Å². The summed E-state index contributed by atoms with van der Waals surface area (Å²) in [6.45, 7) is 9.16. The van der Waals surface area contributed by atoms with E-state index in [1.807, 2.05) is 30.9 Å². The van der Waals surface area contributed by atoms with E-state index in [1.165, 1.54) is 11.1 Å². The predicted molar refractivity (Wildman–Crippen MR) is 110 cm³/mol. The summed E-state index contributed by atoms with van der Waals surface area (Å²) in [5.41, 5.74) is 3.66. The fraction of sp³-hybridized carbons (Fsp3) is 0.500. The van der Waals surface area contributed by atoms with Gasteiger partial charge in [0.1, 0.15) is 5.82 Å². The van der Waals surface area contributed by atoms with E-state index in [9.17, 15) is 4.79 Å². The van der Waals surface area contributed by atoms with Crippen LogP contribution in [0.3, 0.4) is 0 Å². The highest BCUT2D eigenvalue weighted by molar-refractivity contribution is 5.85. The van der Waals surface area contributed by atoms with Crippen LogP contribution in [0.15, 0.2) is 30.6 Å². The molecule has 0 aliphatic carbocycles. The number of aryl methyl sites for hydroxylation is 3. The summed E-state index contributed by atoms with van der Waals surface area (Å²) in [5, 5.41) is 6.55. The van der Waals surface area contributed by atoms with Crippen LogP contribution in [-0.2, 0) is 11.8 Å². The molecule has 2 heterocycles. The van der Waals surface area contributed by atoms with Gasteiger partial charge in [-0.25, -0.2) is 4.98 Å². The van der Waals surface area contributed by atoms with Gasteiger partial charge in [-0.3, -0.25) is 9.69 Å². The predicted octanol–water partition coefficient (Wildman–Crippen LogP) is 2.28. The molecule has 0 saturated carbocycles. The van der Waals surface area contributed by atoms with Crippen LogP contribution in [0.2, 0.25) is 0 Å². The Morgan fingerprint density at radius 3 is 2.81 bits per heavy atom. The number of aromatic nitrogens is 2. The van der Waals surface area contributed by atoms with Crippen LogP contribution < -0.4 is 10.6 Å². The highest BCUT2D eigenvalue weighted by Gasteiger charge is 2.28. The smallest absolute Gasteiger partial charge is 0.234 e. The molecule has 2 aromatic rings. The third-order valence-corrected chi connectivity index (χ3v) is 5.27. The van der Waals surface area contributed by atoms with Gasteiger partial charge < -0.3 is 15.2 Å². The molecule has 1 aliphatic rings. The van der Waals surface area contributed by atoms with E-state index in [0.717, 1.165) is 31.0 Å². The molecule has 0 bridgehead atoms. The number of carbonyl (C=O) groups is 1. The Bertz CT molecular complexity index is 775. The number of carbonyl (C=O) groups excluding carboxylic acids is 1. The van der Waals surface area contributed by atoms with E-state index in [-0.39, 0.29) is 30.4 Å². The molecule has 7 heteroatoms. The lowest BCUT2D eigenvalue weighted by Gasteiger charge is -2.35. The van der Waals surface area contributed by atoms with Crippen LogP contribution in [0, 0.1) is 13.8 Å². The first-order valence-corrected chi connectivity index (χ1v) is 9.24. The molecule has 3 rings (SSSR count). The summed E-state index contributed by atoms with van der Waals surface area (Å²) in [7, 11) is 2.00. The van der Waals surface area contributed by atoms with Crippen LogP contribution in [-0.4, -0.2) is 46.5 Å². The second kappa shape index (κ2) is 9.35. The standard InChI is InChI=1S/C20H29N5O.ClH/c1-14-5-6-17(11-15(14)2)16(3)23-19(26)13-25-10-7-21-12-18(25)20-22-8-9-24(20)4;/h5-6,8-9,11,16,18,21H,7,10,12-13H2,1-4H3,(H,23,26);1H. The van der Waals surface area contributed by atoms with Crippen molar-refractivity contribution in [3.05, 3.63) is 53.1 Å². The quantitative estimate of drug-likeness (QED) is 0.820. The van der Waals surface area contributed by atoms with Crippen LogP contribution in [0.1, 0.15) is 41.5 Å². The number of halogens is 1. The molecule has 1 aromatic carbocycles. The lowest BCUT2D eigenvalue weighted by atomic mass is 10.0. The SMILES string of the molecule is Cc1ccc(C(C)NC(=O)CN2CCNCC2c2nccn2C)cc1C.Cl. The fourth-order valence-electron chi connectivity index (χ4n) is 3.48. The molecule has 2 atom stereocenters. The molecule has 0 radical (unpaired) electrons. The second-order valence-corrected chi connectivity index (χ2v) is 7.22. The van der Waals surface area contributed by atoms with Gasteiger partial charge in [0.15, 0.2) is 0 Å². The Kier molecular flexibility index (Phi) is 7.41. The molecular weight excluding hydrogens is 362 g/mol. The van der Waals surface area contributed by atoms with Crippen LogP contribution in [0.25, 0.3) is 0 Å². The number of rotatable bonds is 5. The normalized spacial score (nSPS) is 18.6. The fourth-order valence-corrected chi connectivity index (χ4v) is 3.48. The molecular formula is C20H30ClN5O. The lowest BCUT2D eigenvalue weighted by molar-refractivity contribution is -0.123. The lowest BCUT2D eigenvalue weighted by Crippen LogP contribution is -2.50. The summed E-state index contributed by atoms with van der Waals surface area (Å²) in [4.78, 5) is 19.3. The van der Waals surface area contributed by atoms with Crippen molar-refractivity contribution in [1.29, 1.82) is 0 Å². The van der Waals surface area contributed by atoms with E-state index in [4.69, 9.17) is 0 Å². The second-order valence-electron chi connectivity index (χ2n) is 7.22. The zero-order valence-corrected chi connectivity index (χ0v) is 17.3. The minimum atomic E-state index is -0.00340. The molecule has 6 nitrogen and oxygen atoms in total. The van der Waals surface area contributed by atoms with Gasteiger partial charge in [-0.2, -0.15) is 0 Å². The summed E-state index contributed by atoms with van der Waals surface area (Å²) >= 11 is 0. The Labute approximate surface area is 167 Å². The van der Waals surface area contributed by atoms with Gasteiger partial charge in [-0.15, -0.1) is 12.4 Å². The van der Waals surface area contributed by atoms with Gasteiger partial charge in [0.25, 0.3) is 0 Å². The van der Waals surface area contributed by atoms with Gasteiger partial charge in [0.05, 0.1) is 18.6 Å². The summed E-state index contributed by atoms with van der Waals surface area (Å²) < 4.78 is 2.03. The Hall–Kier alpha value is -1.89. The molecule has 2 N–H and O–H groups in total. The number of nitrogens with one attached hydrogen (secondary N) is 2. The van der Waals surface area contributed by atoms with Gasteiger partial charge >= 0.3 is 0 Å². The Balaban J connectivity index is 0.00000261. The minimum absolute atomic E-state index is 0. The zero-order valence-electron chi connectivity index (χ0n) is 16.5. The first-order chi connectivity index (χ1) is 12.5. The summed E-state index contributed by atoms with van der Waals surface area (Å²) in [6, 6.07) is 6.47. The number of amides is 1. The molecule has 1 fully saturated rings. The third-order valence-electron chi connectivity index (χ3n) is 5.27. The molecule has 148 valence electrons. The Morgan fingerprint density at radius 2 is 2.15 bits per heavy atom. The van der Waals surface area contributed by atoms with E-state index in [2.05, 4.69) is 52.6 Å². The first kappa shape index (κ1) is 21.4. The van der Waals surface area contributed by atoms with E-state index < -0.39 is 0 Å². The molecule has 1 amide bonds. The van der Waals surface area contributed by atoms with Gasteiger partial charge in [-0.05, 0) is 37.5 Å². The molecule has 1 aliphatic heterocycles.